The van der Waals surface area contributed by atoms with Gasteiger partial charge in [0.25, 0.3) is 5.91 Å². The van der Waals surface area contributed by atoms with E-state index in [0.29, 0.717) is 27.9 Å². The minimum absolute atomic E-state index is 0.234. The van der Waals surface area contributed by atoms with Crippen LogP contribution in [-0.2, 0) is 0 Å². The monoisotopic (exact) mass is 377 g/mol. The molecule has 3 rings (SSSR count). The Hall–Kier alpha value is -3.43. The molecule has 0 radical (unpaired) electrons. The molecule has 1 heterocycles. The third kappa shape index (κ3) is 4.60. The highest BCUT2D eigenvalue weighted by molar-refractivity contribution is 6.31. The van der Waals surface area contributed by atoms with Gasteiger partial charge in [0, 0.05) is 22.1 Å². The van der Waals surface area contributed by atoms with Crippen molar-refractivity contribution in [1.29, 1.82) is 5.26 Å². The molecule has 2 N–H and O–H groups in total. The summed E-state index contributed by atoms with van der Waals surface area (Å²) in [6, 6.07) is 15.8. The summed E-state index contributed by atoms with van der Waals surface area (Å²) in [5, 5.41) is 15.3. The van der Waals surface area contributed by atoms with Crippen molar-refractivity contribution in [3.05, 3.63) is 76.1 Å². The normalized spacial score (nSPS) is 10.1. The summed E-state index contributed by atoms with van der Waals surface area (Å²) in [4.78, 5) is 21.2. The predicted octanol–water partition coefficient (Wildman–Crippen LogP) is 4.61. The third-order valence-corrected chi connectivity index (χ3v) is 4.04. The maximum Gasteiger partial charge on any atom is 0.274 e. The van der Waals surface area contributed by atoms with Crippen LogP contribution in [0.1, 0.15) is 27.3 Å². The van der Waals surface area contributed by atoms with Crippen molar-refractivity contribution in [1.82, 2.24) is 9.97 Å². The molecule has 0 bridgehead atoms. The van der Waals surface area contributed by atoms with Crippen molar-refractivity contribution < 1.29 is 4.79 Å². The van der Waals surface area contributed by atoms with E-state index >= 15 is 0 Å². The fraction of sp³-hybridized carbons (Fsp3) is 0.100. The van der Waals surface area contributed by atoms with Gasteiger partial charge in [-0.1, -0.05) is 17.7 Å². The third-order valence-electron chi connectivity index (χ3n) is 3.80. The highest BCUT2D eigenvalue weighted by Gasteiger charge is 2.13. The molecule has 3 aromatic rings. The van der Waals surface area contributed by atoms with Crippen molar-refractivity contribution in [2.75, 3.05) is 10.6 Å². The molecule has 0 unspecified atom stereocenters. The van der Waals surface area contributed by atoms with Gasteiger partial charge in [-0.05, 0) is 61.9 Å². The summed E-state index contributed by atoms with van der Waals surface area (Å²) >= 11 is 6.00. The molecule has 1 amide bonds. The summed E-state index contributed by atoms with van der Waals surface area (Å²) < 4.78 is 0. The number of aromatic nitrogens is 2. The van der Waals surface area contributed by atoms with Gasteiger partial charge in [0.2, 0.25) is 5.95 Å². The Morgan fingerprint density at radius 1 is 1.07 bits per heavy atom. The Morgan fingerprint density at radius 3 is 2.52 bits per heavy atom. The van der Waals surface area contributed by atoms with Gasteiger partial charge in [-0.25, -0.2) is 9.97 Å². The van der Waals surface area contributed by atoms with Gasteiger partial charge in [-0.15, -0.1) is 0 Å². The van der Waals surface area contributed by atoms with Crippen LogP contribution in [0.5, 0.6) is 0 Å². The lowest BCUT2D eigenvalue weighted by molar-refractivity contribution is 0.102. The van der Waals surface area contributed by atoms with Crippen molar-refractivity contribution >= 4 is 34.8 Å². The number of anilines is 3. The summed E-state index contributed by atoms with van der Waals surface area (Å²) in [6.07, 6.45) is 0. The zero-order valence-corrected chi connectivity index (χ0v) is 15.5. The molecular formula is C20H16ClN5O. The first-order chi connectivity index (χ1) is 12.9. The molecule has 0 atom stereocenters. The predicted molar refractivity (Wildman–Crippen MR) is 105 cm³/mol. The first-order valence-electron chi connectivity index (χ1n) is 8.15. The minimum Gasteiger partial charge on any atom is -0.324 e. The number of hydrogen-bond acceptors (Lipinski definition) is 5. The Kier molecular flexibility index (Phi) is 5.34. The van der Waals surface area contributed by atoms with Crippen molar-refractivity contribution in [3.8, 4) is 6.07 Å². The van der Waals surface area contributed by atoms with Crippen LogP contribution in [0, 0.1) is 25.2 Å². The average Bonchev–Trinajstić information content (AvgIpc) is 2.65. The molecule has 0 saturated heterocycles. The van der Waals surface area contributed by atoms with Crippen LogP contribution >= 0.6 is 11.6 Å². The van der Waals surface area contributed by atoms with E-state index in [0.717, 1.165) is 11.3 Å². The molecule has 7 heteroatoms. The molecule has 1 aromatic heterocycles. The number of carbonyl (C=O) groups is 1. The van der Waals surface area contributed by atoms with Crippen LogP contribution in [0.2, 0.25) is 5.02 Å². The SMILES string of the molecule is Cc1cc(C(=O)Nc2cc(Cl)ccc2C)nc(Nc2ccc(C#N)cc2)n1. The Morgan fingerprint density at radius 2 is 1.81 bits per heavy atom. The number of carbonyl (C=O) groups excluding carboxylic acids is 1. The maximum absolute atomic E-state index is 12.6. The summed E-state index contributed by atoms with van der Waals surface area (Å²) in [5.41, 5.74) is 3.69. The fourth-order valence-corrected chi connectivity index (χ4v) is 2.59. The molecule has 0 spiro atoms. The van der Waals surface area contributed by atoms with Gasteiger partial charge in [0.1, 0.15) is 5.69 Å². The van der Waals surface area contributed by atoms with Crippen LogP contribution in [0.4, 0.5) is 17.3 Å². The first-order valence-corrected chi connectivity index (χ1v) is 8.53. The fourth-order valence-electron chi connectivity index (χ4n) is 2.41. The second kappa shape index (κ2) is 7.85. The Bertz CT molecular complexity index is 1040. The molecule has 0 aliphatic carbocycles. The van der Waals surface area contributed by atoms with Crippen molar-refractivity contribution in [2.45, 2.75) is 13.8 Å². The zero-order chi connectivity index (χ0) is 19.4. The number of amides is 1. The summed E-state index contributed by atoms with van der Waals surface area (Å²) in [6.45, 7) is 3.67. The van der Waals surface area contributed by atoms with Gasteiger partial charge in [-0.2, -0.15) is 5.26 Å². The smallest absolute Gasteiger partial charge is 0.274 e. The number of hydrogen-bond donors (Lipinski definition) is 2. The summed E-state index contributed by atoms with van der Waals surface area (Å²) in [7, 11) is 0. The average molecular weight is 378 g/mol. The lowest BCUT2D eigenvalue weighted by Crippen LogP contribution is -2.16. The van der Waals surface area contributed by atoms with E-state index in [9.17, 15) is 4.79 Å². The topological polar surface area (TPSA) is 90.7 Å². The van der Waals surface area contributed by atoms with Crippen LogP contribution in [0.15, 0.2) is 48.5 Å². The van der Waals surface area contributed by atoms with E-state index in [4.69, 9.17) is 16.9 Å². The molecule has 0 aliphatic rings. The number of nitriles is 1. The van der Waals surface area contributed by atoms with E-state index in [1.165, 1.54) is 0 Å². The molecule has 0 aliphatic heterocycles. The van der Waals surface area contributed by atoms with E-state index < -0.39 is 0 Å². The first kappa shape index (κ1) is 18.4. The number of rotatable bonds is 4. The quantitative estimate of drug-likeness (QED) is 0.692. The molecule has 2 aromatic carbocycles. The van der Waals surface area contributed by atoms with E-state index in [-0.39, 0.29) is 11.6 Å². The molecule has 134 valence electrons. The highest BCUT2D eigenvalue weighted by Crippen LogP contribution is 2.21. The van der Waals surface area contributed by atoms with Gasteiger partial charge in [-0.3, -0.25) is 4.79 Å². The lowest BCUT2D eigenvalue weighted by atomic mass is 10.2. The number of nitrogens with zero attached hydrogens (tertiary/aromatic N) is 3. The van der Waals surface area contributed by atoms with Crippen LogP contribution < -0.4 is 10.6 Å². The highest BCUT2D eigenvalue weighted by atomic mass is 35.5. The zero-order valence-electron chi connectivity index (χ0n) is 14.7. The van der Waals surface area contributed by atoms with Crippen LogP contribution in [0.3, 0.4) is 0 Å². The van der Waals surface area contributed by atoms with Crippen molar-refractivity contribution in [3.63, 3.8) is 0 Å². The second-order valence-electron chi connectivity index (χ2n) is 5.95. The molecular weight excluding hydrogens is 362 g/mol. The largest absolute Gasteiger partial charge is 0.324 e. The van der Waals surface area contributed by atoms with Crippen LogP contribution in [-0.4, -0.2) is 15.9 Å². The Labute approximate surface area is 161 Å². The van der Waals surface area contributed by atoms with Crippen LogP contribution in [0.25, 0.3) is 0 Å². The minimum atomic E-state index is -0.353. The van der Waals surface area contributed by atoms with E-state index in [1.54, 1.807) is 49.4 Å². The number of halogens is 1. The number of benzene rings is 2. The van der Waals surface area contributed by atoms with Gasteiger partial charge in [0.05, 0.1) is 11.6 Å². The maximum atomic E-state index is 12.6. The van der Waals surface area contributed by atoms with E-state index in [2.05, 4.69) is 26.7 Å². The van der Waals surface area contributed by atoms with Gasteiger partial charge >= 0.3 is 0 Å². The molecule has 6 nitrogen and oxygen atoms in total. The van der Waals surface area contributed by atoms with Gasteiger partial charge in [0.15, 0.2) is 0 Å². The number of nitrogens with one attached hydrogen (secondary N) is 2. The second-order valence-corrected chi connectivity index (χ2v) is 6.38. The molecule has 27 heavy (non-hydrogen) atoms. The molecule has 0 saturated carbocycles. The molecule has 0 fully saturated rings. The van der Waals surface area contributed by atoms with E-state index in [1.807, 2.05) is 13.0 Å². The van der Waals surface area contributed by atoms with Gasteiger partial charge < -0.3 is 10.6 Å². The lowest BCUT2D eigenvalue weighted by Gasteiger charge is -2.10. The standard InChI is InChI=1S/C20H16ClN5O/c1-12-3-6-15(21)10-17(12)25-19(27)18-9-13(2)23-20(26-18)24-16-7-4-14(11-22)5-8-16/h3-10H,1-2H3,(H,25,27)(H,23,24,26). The van der Waals surface area contributed by atoms with Crippen molar-refractivity contribution in [2.24, 2.45) is 0 Å². The number of aryl methyl sites for hydroxylation is 2. The summed E-state index contributed by atoms with van der Waals surface area (Å²) in [5.74, 6) is -0.0542. The Balaban J connectivity index is 1.82.